The fourth-order valence-electron chi connectivity index (χ4n) is 4.10. The molecule has 2 heterocycles. The maximum atomic E-state index is 14.2. The molecule has 4 atom stereocenters. The van der Waals surface area contributed by atoms with E-state index < -0.39 is 0 Å². The highest BCUT2D eigenvalue weighted by molar-refractivity contribution is 14.0. The van der Waals surface area contributed by atoms with E-state index in [0.717, 1.165) is 31.9 Å². The zero-order valence-corrected chi connectivity index (χ0v) is 19.1. The van der Waals surface area contributed by atoms with E-state index >= 15 is 0 Å². The number of likely N-dealkylation sites (tertiary alicyclic amines) is 1. The fraction of sp³-hybridized carbons (Fsp3) is 0.500. The Labute approximate surface area is 187 Å². The van der Waals surface area contributed by atoms with Gasteiger partial charge < -0.3 is 14.8 Å². The Morgan fingerprint density at radius 2 is 2.21 bits per heavy atom. The minimum atomic E-state index is -0.223. The lowest BCUT2D eigenvalue weighted by Gasteiger charge is -2.39. The Morgan fingerprint density at radius 1 is 1.39 bits per heavy atom. The zero-order valence-electron chi connectivity index (χ0n) is 16.1. The highest BCUT2D eigenvalue weighted by atomic mass is 127. The van der Waals surface area contributed by atoms with Gasteiger partial charge >= 0.3 is 0 Å². The lowest BCUT2D eigenvalue weighted by molar-refractivity contribution is 0.189. The fourth-order valence-corrected chi connectivity index (χ4v) is 4.40. The number of hydrogen-bond donors (Lipinski definition) is 1. The van der Waals surface area contributed by atoms with Crippen LogP contribution >= 0.6 is 35.6 Å². The number of piperidine rings is 1. The molecule has 1 N–H and O–H groups in total. The van der Waals surface area contributed by atoms with E-state index in [2.05, 4.69) is 31.7 Å². The number of aliphatic imine (C=N–C) groups is 1. The number of nitrogens with zero attached hydrogens (tertiary/aromatic N) is 4. The number of aromatic nitrogens is 2. The summed E-state index contributed by atoms with van der Waals surface area (Å²) in [4.78, 5) is 11.0. The van der Waals surface area contributed by atoms with Crippen LogP contribution in [0.3, 0.4) is 0 Å². The normalized spacial score (nSPS) is 27.3. The molecule has 1 aromatic carbocycles. The standard InChI is InChI=1S/C20H25ClFN5.HI/c1-13-6-8-26(11-18(13)27-9-7-24-12-27)20(23-2)25-17-10-14(17)19-15(21)4-3-5-16(19)22;/h3-5,7,9,12-14,17-18H,6,8,10-11H2,1-2H3,(H,23,25);1H. The van der Waals surface area contributed by atoms with Crippen molar-refractivity contribution in [1.82, 2.24) is 19.8 Å². The third kappa shape index (κ3) is 4.30. The Bertz CT molecular complexity index is 808. The van der Waals surface area contributed by atoms with Crippen LogP contribution in [0.15, 0.2) is 41.9 Å². The zero-order chi connectivity index (χ0) is 19.0. The number of nitrogens with one attached hydrogen (secondary N) is 1. The summed E-state index contributed by atoms with van der Waals surface area (Å²) in [7, 11) is 1.81. The van der Waals surface area contributed by atoms with Gasteiger partial charge in [-0.15, -0.1) is 24.0 Å². The topological polar surface area (TPSA) is 45.5 Å². The molecule has 0 spiro atoms. The van der Waals surface area contributed by atoms with Crippen LogP contribution in [-0.4, -0.2) is 46.6 Å². The molecule has 28 heavy (non-hydrogen) atoms. The second-order valence-corrected chi connectivity index (χ2v) is 7.97. The first-order chi connectivity index (χ1) is 13.1. The summed E-state index contributed by atoms with van der Waals surface area (Å²) in [6.07, 6.45) is 7.70. The minimum absolute atomic E-state index is 0. The van der Waals surface area contributed by atoms with E-state index in [1.807, 2.05) is 18.7 Å². The molecular weight excluding hydrogens is 492 g/mol. The predicted molar refractivity (Wildman–Crippen MR) is 121 cm³/mol. The van der Waals surface area contributed by atoms with Crippen LogP contribution in [0.25, 0.3) is 0 Å². The van der Waals surface area contributed by atoms with Crippen LogP contribution in [-0.2, 0) is 0 Å². The maximum Gasteiger partial charge on any atom is 0.193 e. The molecule has 0 radical (unpaired) electrons. The van der Waals surface area contributed by atoms with Crippen molar-refractivity contribution in [1.29, 1.82) is 0 Å². The van der Waals surface area contributed by atoms with Gasteiger partial charge in [0.25, 0.3) is 0 Å². The molecule has 1 aliphatic heterocycles. The van der Waals surface area contributed by atoms with Crippen LogP contribution in [0.1, 0.15) is 37.3 Å². The number of halogens is 3. The van der Waals surface area contributed by atoms with Gasteiger partial charge in [0.15, 0.2) is 5.96 Å². The third-order valence-corrected chi connectivity index (χ3v) is 6.14. The van der Waals surface area contributed by atoms with Crippen molar-refractivity contribution in [2.45, 2.75) is 37.8 Å². The number of rotatable bonds is 3. The average molecular weight is 518 g/mol. The van der Waals surface area contributed by atoms with Crippen molar-refractivity contribution in [2.75, 3.05) is 20.1 Å². The maximum absolute atomic E-state index is 14.2. The van der Waals surface area contributed by atoms with Gasteiger partial charge in [-0.25, -0.2) is 9.37 Å². The molecule has 1 aliphatic carbocycles. The van der Waals surface area contributed by atoms with Gasteiger partial charge in [0.2, 0.25) is 0 Å². The van der Waals surface area contributed by atoms with Gasteiger partial charge in [-0.2, -0.15) is 0 Å². The number of guanidine groups is 1. The van der Waals surface area contributed by atoms with Crippen LogP contribution < -0.4 is 5.32 Å². The molecule has 5 nitrogen and oxygen atoms in total. The van der Waals surface area contributed by atoms with E-state index in [0.29, 0.717) is 22.5 Å². The Morgan fingerprint density at radius 3 is 2.89 bits per heavy atom. The molecule has 4 rings (SSSR count). The summed E-state index contributed by atoms with van der Waals surface area (Å²) in [5.74, 6) is 1.34. The van der Waals surface area contributed by atoms with Gasteiger partial charge in [-0.3, -0.25) is 4.99 Å². The van der Waals surface area contributed by atoms with Crippen LogP contribution in [0, 0.1) is 11.7 Å². The number of benzene rings is 1. The van der Waals surface area contributed by atoms with E-state index in [4.69, 9.17) is 11.6 Å². The van der Waals surface area contributed by atoms with Gasteiger partial charge in [0, 0.05) is 55.1 Å². The Kier molecular flexibility index (Phi) is 6.85. The third-order valence-electron chi connectivity index (χ3n) is 5.81. The van der Waals surface area contributed by atoms with E-state index in [1.165, 1.54) is 6.07 Å². The monoisotopic (exact) mass is 517 g/mol. The first-order valence-electron chi connectivity index (χ1n) is 9.48. The van der Waals surface area contributed by atoms with Crippen molar-refractivity contribution in [3.05, 3.63) is 53.3 Å². The summed E-state index contributed by atoms with van der Waals surface area (Å²) in [5.41, 5.74) is 0.621. The van der Waals surface area contributed by atoms with Crippen molar-refractivity contribution >= 4 is 41.5 Å². The first-order valence-corrected chi connectivity index (χ1v) is 9.86. The van der Waals surface area contributed by atoms with Gasteiger partial charge in [0.05, 0.1) is 12.4 Å². The molecule has 0 bridgehead atoms. The minimum Gasteiger partial charge on any atom is -0.353 e. The predicted octanol–water partition coefficient (Wildman–Crippen LogP) is 4.31. The first kappa shape index (κ1) is 21.4. The molecule has 4 unspecified atom stereocenters. The SMILES string of the molecule is CN=C(NC1CC1c1c(F)cccc1Cl)N1CCC(C)C(n2ccnc2)C1.I. The van der Waals surface area contributed by atoms with Gasteiger partial charge in [-0.1, -0.05) is 24.6 Å². The van der Waals surface area contributed by atoms with E-state index in [9.17, 15) is 4.39 Å². The lowest BCUT2D eigenvalue weighted by atomic mass is 9.93. The molecule has 2 aliphatic rings. The molecule has 152 valence electrons. The number of hydrogen-bond acceptors (Lipinski definition) is 2. The summed E-state index contributed by atoms with van der Waals surface area (Å²) in [6, 6.07) is 5.43. The highest BCUT2D eigenvalue weighted by Crippen LogP contribution is 2.45. The van der Waals surface area contributed by atoms with Crippen LogP contribution in [0.4, 0.5) is 4.39 Å². The van der Waals surface area contributed by atoms with Gasteiger partial charge in [0.1, 0.15) is 5.82 Å². The lowest BCUT2D eigenvalue weighted by Crippen LogP contribution is -2.49. The summed E-state index contributed by atoms with van der Waals surface area (Å²) < 4.78 is 16.4. The molecule has 8 heteroatoms. The second kappa shape index (κ2) is 8.98. The second-order valence-electron chi connectivity index (χ2n) is 7.56. The number of imidazole rings is 1. The molecule has 1 aromatic heterocycles. The Balaban J connectivity index is 0.00000225. The quantitative estimate of drug-likeness (QED) is 0.375. The molecular formula is C20H26ClFIN5. The molecule has 2 aromatic rings. The molecule has 2 fully saturated rings. The van der Waals surface area contributed by atoms with Crippen LogP contribution in [0.5, 0.6) is 0 Å². The largest absolute Gasteiger partial charge is 0.353 e. The average Bonchev–Trinajstić information content (AvgIpc) is 3.17. The van der Waals surface area contributed by atoms with Crippen molar-refractivity contribution in [3.8, 4) is 0 Å². The summed E-state index contributed by atoms with van der Waals surface area (Å²) >= 11 is 6.22. The van der Waals surface area contributed by atoms with Crippen LogP contribution in [0.2, 0.25) is 5.02 Å². The Hall–Kier alpha value is -1.35. The highest BCUT2D eigenvalue weighted by Gasteiger charge is 2.43. The van der Waals surface area contributed by atoms with E-state index in [1.54, 1.807) is 19.2 Å². The smallest absolute Gasteiger partial charge is 0.193 e. The molecule has 1 saturated carbocycles. The van der Waals surface area contributed by atoms with E-state index in [-0.39, 0.29) is 41.8 Å². The molecule has 1 saturated heterocycles. The van der Waals surface area contributed by atoms with Crippen molar-refractivity contribution in [2.24, 2.45) is 10.9 Å². The summed E-state index contributed by atoms with van der Waals surface area (Å²) in [6.45, 7) is 4.13. The van der Waals surface area contributed by atoms with Crippen molar-refractivity contribution in [3.63, 3.8) is 0 Å². The van der Waals surface area contributed by atoms with Crippen molar-refractivity contribution < 1.29 is 4.39 Å². The summed E-state index contributed by atoms with van der Waals surface area (Å²) in [5, 5.41) is 4.03. The molecule has 0 amide bonds. The van der Waals surface area contributed by atoms with Gasteiger partial charge in [-0.05, 0) is 30.9 Å².